The van der Waals surface area contributed by atoms with Crippen LogP contribution in [-0.2, 0) is 4.79 Å². The predicted octanol–water partition coefficient (Wildman–Crippen LogP) is 18.5. The van der Waals surface area contributed by atoms with E-state index < -0.39 is 18.2 Å². The number of aliphatic hydroxyl groups is 3. The van der Waals surface area contributed by atoms with Crippen LogP contribution in [0.5, 0.6) is 0 Å². The lowest BCUT2D eigenvalue weighted by atomic mass is 10.0. The van der Waals surface area contributed by atoms with Crippen molar-refractivity contribution < 1.29 is 20.1 Å². The molecule has 4 N–H and O–H groups in total. The highest BCUT2D eigenvalue weighted by Crippen LogP contribution is 2.18. The van der Waals surface area contributed by atoms with Crippen LogP contribution in [0.4, 0.5) is 0 Å². The molecule has 0 fully saturated rings. The summed E-state index contributed by atoms with van der Waals surface area (Å²) in [4.78, 5) is 12.5. The molecule has 0 rings (SSSR count). The van der Waals surface area contributed by atoms with Gasteiger partial charge in [0.05, 0.1) is 18.8 Å². The van der Waals surface area contributed by atoms with E-state index in [4.69, 9.17) is 0 Å². The van der Waals surface area contributed by atoms with Crippen molar-refractivity contribution in [1.29, 1.82) is 0 Å². The van der Waals surface area contributed by atoms with Gasteiger partial charge in [0.15, 0.2) is 0 Å². The van der Waals surface area contributed by atoms with Gasteiger partial charge in [0, 0.05) is 6.42 Å². The molecule has 0 saturated carbocycles. The molecule has 0 aliphatic carbocycles. The average Bonchev–Trinajstić information content (AvgIpc) is 3.31. The summed E-state index contributed by atoms with van der Waals surface area (Å²) >= 11 is 0. The molecule has 0 aromatic rings. The molecule has 5 heteroatoms. The molecular formula is C60H117NO4. The zero-order valence-corrected chi connectivity index (χ0v) is 44.1. The molecule has 5 nitrogen and oxygen atoms in total. The molecule has 0 bridgehead atoms. The van der Waals surface area contributed by atoms with Crippen LogP contribution in [0.25, 0.3) is 0 Å². The zero-order chi connectivity index (χ0) is 47.2. The second-order valence-corrected chi connectivity index (χ2v) is 20.5. The van der Waals surface area contributed by atoms with Crippen molar-refractivity contribution in [3.63, 3.8) is 0 Å². The number of amides is 1. The maximum absolute atomic E-state index is 12.5. The Morgan fingerprint density at radius 3 is 0.892 bits per heavy atom. The van der Waals surface area contributed by atoms with Crippen molar-refractivity contribution in [2.24, 2.45) is 0 Å². The highest BCUT2D eigenvalue weighted by atomic mass is 16.3. The van der Waals surface area contributed by atoms with Gasteiger partial charge >= 0.3 is 0 Å². The number of hydrogen-bond donors (Lipinski definition) is 4. The van der Waals surface area contributed by atoms with E-state index in [1.807, 2.05) is 0 Å². The van der Waals surface area contributed by atoms with E-state index in [2.05, 4.69) is 43.5 Å². The van der Waals surface area contributed by atoms with Crippen molar-refractivity contribution >= 4 is 5.91 Å². The van der Waals surface area contributed by atoms with Gasteiger partial charge in [-0.2, -0.15) is 0 Å². The molecule has 0 radical (unpaired) electrons. The van der Waals surface area contributed by atoms with E-state index in [-0.39, 0.29) is 12.5 Å². The first kappa shape index (κ1) is 63.8. The topological polar surface area (TPSA) is 89.8 Å². The maximum atomic E-state index is 12.5. The molecule has 65 heavy (non-hydrogen) atoms. The Balaban J connectivity index is 3.42. The van der Waals surface area contributed by atoms with Crippen molar-refractivity contribution in [3.8, 4) is 0 Å². The number of nitrogens with one attached hydrogen (secondary N) is 1. The highest BCUT2D eigenvalue weighted by molar-refractivity contribution is 5.76. The zero-order valence-electron chi connectivity index (χ0n) is 44.1. The van der Waals surface area contributed by atoms with Crippen LogP contribution in [0.2, 0.25) is 0 Å². The normalized spacial score (nSPS) is 13.4. The fraction of sp³-hybridized carbons (Fsp3) is 0.917. The Kier molecular flexibility index (Phi) is 54.4. The average molecular weight is 917 g/mol. The van der Waals surface area contributed by atoms with Gasteiger partial charge in [0.2, 0.25) is 5.91 Å². The Morgan fingerprint density at radius 2 is 0.615 bits per heavy atom. The van der Waals surface area contributed by atoms with Crippen molar-refractivity contribution in [1.82, 2.24) is 5.32 Å². The summed E-state index contributed by atoms with van der Waals surface area (Å²) in [6.45, 7) is 4.18. The molecule has 386 valence electrons. The van der Waals surface area contributed by atoms with Gasteiger partial charge in [0.25, 0.3) is 0 Å². The minimum absolute atomic E-state index is 0.150. The Hall–Kier alpha value is -1.17. The van der Waals surface area contributed by atoms with Gasteiger partial charge in [-0.05, 0) is 64.2 Å². The lowest BCUT2D eigenvalue weighted by Gasteiger charge is -2.26. The fourth-order valence-electron chi connectivity index (χ4n) is 9.46. The summed E-state index contributed by atoms with van der Waals surface area (Å²) in [5.41, 5.74) is 0. The van der Waals surface area contributed by atoms with Crippen LogP contribution in [0.3, 0.4) is 0 Å². The highest BCUT2D eigenvalue weighted by Gasteiger charge is 2.26. The monoisotopic (exact) mass is 916 g/mol. The molecular weight excluding hydrogens is 799 g/mol. The quantitative estimate of drug-likeness (QED) is 0.0361. The van der Waals surface area contributed by atoms with E-state index in [1.54, 1.807) is 0 Å². The first-order chi connectivity index (χ1) is 32.1. The van der Waals surface area contributed by atoms with Crippen LogP contribution < -0.4 is 5.32 Å². The molecule has 0 aliphatic rings. The van der Waals surface area contributed by atoms with Crippen LogP contribution in [-0.4, -0.2) is 46.1 Å². The summed E-state index contributed by atoms with van der Waals surface area (Å²) in [5, 5.41) is 33.6. The van der Waals surface area contributed by atoms with Crippen LogP contribution in [0.15, 0.2) is 24.3 Å². The summed E-state index contributed by atoms with van der Waals surface area (Å²) < 4.78 is 0. The summed E-state index contributed by atoms with van der Waals surface area (Å²) in [7, 11) is 0. The smallest absolute Gasteiger partial charge is 0.220 e. The number of carbonyl (C=O) groups is 1. The molecule has 3 unspecified atom stereocenters. The number of allylic oxidation sites excluding steroid dienone is 4. The largest absolute Gasteiger partial charge is 0.394 e. The SMILES string of the molecule is CCCCCCCCC/C=C/CCCC(O)C(O)C(CO)NC(=O)CCCCCCCCCCCCCCCCCCC/C=C\CCCCCCCCCCCCCCCCCCCC. The molecule has 0 aromatic carbocycles. The van der Waals surface area contributed by atoms with Gasteiger partial charge in [-0.15, -0.1) is 0 Å². The minimum Gasteiger partial charge on any atom is -0.394 e. The first-order valence-corrected chi connectivity index (χ1v) is 29.6. The predicted molar refractivity (Wildman–Crippen MR) is 287 cm³/mol. The number of aliphatic hydroxyl groups excluding tert-OH is 3. The molecule has 1 amide bonds. The molecule has 3 atom stereocenters. The van der Waals surface area contributed by atoms with E-state index in [9.17, 15) is 20.1 Å². The van der Waals surface area contributed by atoms with Gasteiger partial charge in [0.1, 0.15) is 6.10 Å². The Morgan fingerprint density at radius 1 is 0.369 bits per heavy atom. The third-order valence-electron chi connectivity index (χ3n) is 14.0. The van der Waals surface area contributed by atoms with E-state index >= 15 is 0 Å². The summed E-state index contributed by atoms with van der Waals surface area (Å²) in [6.07, 6.45) is 70.9. The number of hydrogen-bond acceptors (Lipinski definition) is 4. The van der Waals surface area contributed by atoms with Gasteiger partial charge < -0.3 is 20.6 Å². The van der Waals surface area contributed by atoms with E-state index in [0.29, 0.717) is 12.8 Å². The van der Waals surface area contributed by atoms with Gasteiger partial charge in [-0.3, -0.25) is 4.79 Å². The molecule has 0 aliphatic heterocycles. The van der Waals surface area contributed by atoms with Crippen molar-refractivity contribution in [2.45, 2.75) is 347 Å². The third-order valence-corrected chi connectivity index (χ3v) is 14.0. The van der Waals surface area contributed by atoms with Crippen LogP contribution >= 0.6 is 0 Å². The second-order valence-electron chi connectivity index (χ2n) is 20.5. The Bertz CT molecular complexity index is 967. The van der Waals surface area contributed by atoms with Gasteiger partial charge in [-0.1, -0.05) is 282 Å². The third kappa shape index (κ3) is 50.5. The second kappa shape index (κ2) is 55.4. The number of unbranched alkanes of at least 4 members (excludes halogenated alkanes) is 43. The lowest BCUT2D eigenvalue weighted by Crippen LogP contribution is -2.50. The molecule has 0 heterocycles. The standard InChI is InChI=1S/C60H117NO4/c1-3-5-7-9-11-13-15-17-18-19-20-21-22-23-24-25-26-27-28-29-30-31-32-33-34-35-36-37-38-39-40-41-42-43-45-47-49-51-53-55-59(64)61-57(56-62)60(65)58(63)54-52-50-48-46-44-16-14-12-10-8-6-4-2/h29-30,46,48,57-58,60,62-63,65H,3-28,31-45,47,49-56H2,1-2H3,(H,61,64)/b30-29-,48-46+. The maximum Gasteiger partial charge on any atom is 0.220 e. The number of rotatable bonds is 55. The molecule has 0 aromatic heterocycles. The summed E-state index contributed by atoms with van der Waals surface area (Å²) in [6, 6.07) is -0.823. The van der Waals surface area contributed by atoms with Crippen LogP contribution in [0.1, 0.15) is 328 Å². The number of carbonyl (C=O) groups excluding carboxylic acids is 1. The Labute approximate surface area is 407 Å². The van der Waals surface area contributed by atoms with Gasteiger partial charge in [-0.25, -0.2) is 0 Å². The van der Waals surface area contributed by atoms with Crippen molar-refractivity contribution in [2.75, 3.05) is 6.61 Å². The lowest BCUT2D eigenvalue weighted by molar-refractivity contribution is -0.124. The van der Waals surface area contributed by atoms with E-state index in [0.717, 1.165) is 38.5 Å². The minimum atomic E-state index is -1.16. The fourth-order valence-corrected chi connectivity index (χ4v) is 9.46. The molecule has 0 saturated heterocycles. The van der Waals surface area contributed by atoms with Crippen LogP contribution in [0, 0.1) is 0 Å². The first-order valence-electron chi connectivity index (χ1n) is 29.6. The molecule has 0 spiro atoms. The van der Waals surface area contributed by atoms with Crippen molar-refractivity contribution in [3.05, 3.63) is 24.3 Å². The summed E-state index contributed by atoms with van der Waals surface area (Å²) in [5.74, 6) is -0.150. The van der Waals surface area contributed by atoms with E-state index in [1.165, 1.54) is 263 Å².